The zero-order chi connectivity index (χ0) is 24.5. The molecule has 0 aromatic heterocycles. The second kappa shape index (κ2) is 9.80. The van der Waals surface area contributed by atoms with Crippen LogP contribution >= 0.6 is 12.2 Å². The Balaban J connectivity index is 1.55. The molecule has 1 saturated carbocycles. The van der Waals surface area contributed by atoms with Crippen molar-refractivity contribution in [2.45, 2.75) is 50.7 Å². The molecular formula is C25H30FN5O2S. The minimum atomic E-state index is -0.765. The second-order valence-electron chi connectivity index (χ2n) is 9.23. The summed E-state index contributed by atoms with van der Waals surface area (Å²) in [4.78, 5) is 23.0. The van der Waals surface area contributed by atoms with Crippen LogP contribution in [-0.2, 0) is 4.79 Å². The maximum Gasteiger partial charge on any atom is 0.255 e. The lowest BCUT2D eigenvalue weighted by Crippen LogP contribution is -2.55. The summed E-state index contributed by atoms with van der Waals surface area (Å²) >= 11 is 5.71. The van der Waals surface area contributed by atoms with E-state index in [0.29, 0.717) is 34.9 Å². The minimum absolute atomic E-state index is 0.000514. The molecule has 0 unspecified atom stereocenters. The van der Waals surface area contributed by atoms with E-state index in [2.05, 4.69) is 16.9 Å². The normalized spacial score (nSPS) is 21.7. The molecule has 2 saturated heterocycles. The number of amides is 1. The van der Waals surface area contributed by atoms with Gasteiger partial charge in [0, 0.05) is 38.4 Å². The standard InChI is InChI=1S/C25H30FN5O2S/c1-17(21(16-27)28-2)7-14-30-23(32)25(10-4-11-25)31(24(30)34)18-5-6-22(20(26)15-18)33-19-8-12-29(3)13-9-19/h5-7,15,19H,4,8-14H2,1-3H3/b17-7-,28-21?. The molecule has 9 heteroatoms. The van der Waals surface area contributed by atoms with Crippen LogP contribution in [0.4, 0.5) is 10.1 Å². The van der Waals surface area contributed by atoms with E-state index in [4.69, 9.17) is 17.0 Å². The molecule has 180 valence electrons. The van der Waals surface area contributed by atoms with Gasteiger partial charge in [0.25, 0.3) is 5.91 Å². The van der Waals surface area contributed by atoms with Crippen LogP contribution in [0.1, 0.15) is 39.0 Å². The van der Waals surface area contributed by atoms with Gasteiger partial charge in [0.2, 0.25) is 0 Å². The molecule has 34 heavy (non-hydrogen) atoms. The largest absolute Gasteiger partial charge is 0.487 e. The van der Waals surface area contributed by atoms with E-state index in [9.17, 15) is 10.1 Å². The fourth-order valence-electron chi connectivity index (χ4n) is 4.85. The number of piperidine rings is 1. The maximum absolute atomic E-state index is 15.1. The summed E-state index contributed by atoms with van der Waals surface area (Å²) in [6.07, 6.45) is 5.76. The van der Waals surface area contributed by atoms with Crippen LogP contribution in [0.3, 0.4) is 0 Å². The van der Waals surface area contributed by atoms with Crippen molar-refractivity contribution in [2.75, 3.05) is 38.6 Å². The topological polar surface area (TPSA) is 72.2 Å². The Hall–Kier alpha value is -2.83. The lowest BCUT2D eigenvalue weighted by atomic mass is 9.75. The van der Waals surface area contributed by atoms with Gasteiger partial charge >= 0.3 is 0 Å². The van der Waals surface area contributed by atoms with E-state index >= 15 is 4.39 Å². The maximum atomic E-state index is 15.1. The summed E-state index contributed by atoms with van der Waals surface area (Å²) in [6, 6.07) is 6.90. The van der Waals surface area contributed by atoms with Crippen LogP contribution in [0, 0.1) is 17.1 Å². The predicted molar refractivity (Wildman–Crippen MR) is 134 cm³/mol. The fourth-order valence-corrected chi connectivity index (χ4v) is 5.29. The Morgan fingerprint density at radius 1 is 1.38 bits per heavy atom. The van der Waals surface area contributed by atoms with Gasteiger partial charge < -0.3 is 14.5 Å². The molecule has 1 spiro atoms. The quantitative estimate of drug-likeness (QED) is 0.454. The number of nitriles is 1. The average Bonchev–Trinajstić information content (AvgIpc) is 3.02. The first kappa shape index (κ1) is 24.3. The Morgan fingerprint density at radius 2 is 2.09 bits per heavy atom. The molecule has 2 heterocycles. The van der Waals surface area contributed by atoms with E-state index in [1.54, 1.807) is 42.0 Å². The molecule has 1 aromatic rings. The summed E-state index contributed by atoms with van der Waals surface area (Å²) in [5, 5.41) is 9.54. The fraction of sp³-hybridized carbons (Fsp3) is 0.520. The van der Waals surface area contributed by atoms with Crippen LogP contribution in [0.25, 0.3) is 0 Å². The van der Waals surface area contributed by atoms with Crippen molar-refractivity contribution in [1.29, 1.82) is 5.26 Å². The van der Waals surface area contributed by atoms with Crippen LogP contribution < -0.4 is 9.64 Å². The number of carbonyl (C=O) groups is 1. The summed E-state index contributed by atoms with van der Waals surface area (Å²) in [6.45, 7) is 3.88. The third-order valence-corrected chi connectivity index (χ3v) is 7.49. The number of carbonyl (C=O) groups excluding carboxylic acids is 1. The number of thiocarbonyl (C=S) groups is 1. The van der Waals surface area contributed by atoms with E-state index in [1.807, 2.05) is 6.07 Å². The lowest BCUT2D eigenvalue weighted by Gasteiger charge is -2.43. The molecule has 0 atom stereocenters. The number of likely N-dealkylation sites (tertiary alicyclic amines) is 1. The van der Waals surface area contributed by atoms with Crippen LogP contribution in [0.2, 0.25) is 0 Å². The highest BCUT2D eigenvalue weighted by atomic mass is 32.1. The number of anilines is 1. The zero-order valence-electron chi connectivity index (χ0n) is 19.9. The van der Waals surface area contributed by atoms with Gasteiger partial charge in [-0.25, -0.2) is 4.39 Å². The molecule has 7 nitrogen and oxygen atoms in total. The van der Waals surface area contributed by atoms with E-state index in [-0.39, 0.29) is 24.3 Å². The highest BCUT2D eigenvalue weighted by Crippen LogP contribution is 2.47. The minimum Gasteiger partial charge on any atom is -0.487 e. The molecule has 1 aliphatic carbocycles. The van der Waals surface area contributed by atoms with Gasteiger partial charge in [0.15, 0.2) is 16.7 Å². The van der Waals surface area contributed by atoms with Crippen LogP contribution in [0.5, 0.6) is 5.75 Å². The van der Waals surface area contributed by atoms with Crippen molar-refractivity contribution >= 4 is 34.6 Å². The number of hydrogen-bond acceptors (Lipinski definition) is 6. The van der Waals surface area contributed by atoms with Gasteiger partial charge in [-0.3, -0.25) is 14.7 Å². The van der Waals surface area contributed by atoms with Gasteiger partial charge in [-0.1, -0.05) is 6.08 Å². The molecule has 0 bridgehead atoms. The highest BCUT2D eigenvalue weighted by Gasteiger charge is 2.58. The molecule has 0 radical (unpaired) electrons. The first-order valence-corrected chi connectivity index (χ1v) is 12.1. The summed E-state index contributed by atoms with van der Waals surface area (Å²) in [5.41, 5.74) is 0.791. The third-order valence-electron chi connectivity index (χ3n) is 7.09. The number of hydrogen-bond donors (Lipinski definition) is 0. The Labute approximate surface area is 205 Å². The molecule has 1 amide bonds. The van der Waals surface area contributed by atoms with E-state index in [1.165, 1.54) is 6.07 Å². The number of rotatable bonds is 6. The highest BCUT2D eigenvalue weighted by molar-refractivity contribution is 7.80. The number of allylic oxidation sites excluding steroid dienone is 1. The van der Waals surface area contributed by atoms with Crippen LogP contribution in [-0.4, -0.2) is 71.9 Å². The number of aliphatic imine (C=N–C) groups is 1. The van der Waals surface area contributed by atoms with E-state index in [0.717, 1.165) is 32.4 Å². The van der Waals surface area contributed by atoms with Gasteiger partial charge in [-0.2, -0.15) is 5.26 Å². The average molecular weight is 484 g/mol. The smallest absolute Gasteiger partial charge is 0.255 e. The summed E-state index contributed by atoms with van der Waals surface area (Å²) in [7, 11) is 3.63. The van der Waals surface area contributed by atoms with Crippen molar-refractivity contribution in [3.05, 3.63) is 35.7 Å². The molecule has 4 rings (SSSR count). The van der Waals surface area contributed by atoms with Crippen LogP contribution in [0.15, 0.2) is 34.8 Å². The summed E-state index contributed by atoms with van der Waals surface area (Å²) < 4.78 is 21.0. The number of nitrogens with zero attached hydrogens (tertiary/aromatic N) is 5. The van der Waals surface area contributed by atoms with Crippen molar-refractivity contribution in [3.8, 4) is 11.8 Å². The third kappa shape index (κ3) is 4.32. The molecule has 3 aliphatic rings. The Kier molecular flexibility index (Phi) is 7.01. The molecule has 3 fully saturated rings. The van der Waals surface area contributed by atoms with Gasteiger partial charge in [-0.15, -0.1) is 0 Å². The SMILES string of the molecule is CN=C(C#N)/C(C)=C\CN1C(=O)C2(CCC2)N(c2ccc(OC3CCN(C)CC3)c(F)c2)C1=S. The van der Waals surface area contributed by atoms with Gasteiger partial charge in [-0.05, 0) is 76.0 Å². The van der Waals surface area contributed by atoms with E-state index < -0.39 is 11.4 Å². The molecule has 0 N–H and O–H groups in total. The number of benzene rings is 1. The summed E-state index contributed by atoms with van der Waals surface area (Å²) in [5.74, 6) is -0.296. The number of halogens is 1. The van der Waals surface area contributed by atoms with Crippen molar-refractivity contribution in [3.63, 3.8) is 0 Å². The van der Waals surface area contributed by atoms with Crippen molar-refractivity contribution < 1.29 is 13.9 Å². The molecular weight excluding hydrogens is 453 g/mol. The van der Waals surface area contributed by atoms with Crippen molar-refractivity contribution in [1.82, 2.24) is 9.80 Å². The first-order chi connectivity index (χ1) is 16.3. The second-order valence-corrected chi connectivity index (χ2v) is 9.59. The van der Waals surface area contributed by atoms with Gasteiger partial charge in [0.1, 0.15) is 23.4 Å². The Bertz CT molecular complexity index is 1080. The molecule has 2 aliphatic heterocycles. The monoisotopic (exact) mass is 483 g/mol. The van der Waals surface area contributed by atoms with Gasteiger partial charge in [0.05, 0.1) is 0 Å². The Morgan fingerprint density at radius 3 is 2.65 bits per heavy atom. The number of ether oxygens (including phenoxy) is 1. The van der Waals surface area contributed by atoms with Crippen molar-refractivity contribution in [2.24, 2.45) is 4.99 Å². The molecule has 1 aromatic carbocycles. The zero-order valence-corrected chi connectivity index (χ0v) is 20.7. The predicted octanol–water partition coefficient (Wildman–Crippen LogP) is 3.70. The first-order valence-electron chi connectivity index (χ1n) is 11.7. The lowest BCUT2D eigenvalue weighted by molar-refractivity contribution is -0.132.